The van der Waals surface area contributed by atoms with Gasteiger partial charge in [0.1, 0.15) is 24.8 Å². The van der Waals surface area contributed by atoms with E-state index in [2.05, 4.69) is 31.4 Å². The number of halogens is 3. The minimum atomic E-state index is -3.08. The summed E-state index contributed by atoms with van der Waals surface area (Å²) < 4.78 is 10.3. The van der Waals surface area contributed by atoms with Crippen molar-refractivity contribution in [3.8, 4) is 0 Å². The molecule has 2 amide bonds. The first kappa shape index (κ1) is 36.3. The van der Waals surface area contributed by atoms with Crippen LogP contribution in [0.15, 0.2) is 60.7 Å². The largest absolute Gasteiger partial charge is 0.460 e. The van der Waals surface area contributed by atoms with Crippen LogP contribution in [-0.2, 0) is 23.5 Å². The van der Waals surface area contributed by atoms with Crippen molar-refractivity contribution in [2.75, 3.05) is 32.8 Å². The van der Waals surface area contributed by atoms with Crippen LogP contribution < -0.4 is 21.0 Å². The Bertz CT molecular complexity index is 1220. The lowest BCUT2D eigenvalue weighted by atomic mass is 10.1. The zero-order valence-electron chi connectivity index (χ0n) is 25.7. The lowest BCUT2D eigenvalue weighted by Crippen LogP contribution is -2.68. The van der Waals surface area contributed by atoms with Gasteiger partial charge in [0.15, 0.2) is 0 Å². The highest BCUT2D eigenvalue weighted by Crippen LogP contribution is 2.37. The smallest absolute Gasteiger partial charge is 0.325 e. The summed E-state index contributed by atoms with van der Waals surface area (Å²) in [6, 6.07) is 17.8. The number of alkyl halides is 3. The van der Waals surface area contributed by atoms with Crippen LogP contribution in [0.25, 0.3) is 0 Å². The Balaban J connectivity index is 1.95. The van der Waals surface area contributed by atoms with Crippen LogP contribution in [0.3, 0.4) is 0 Å². The molecule has 1 saturated heterocycles. The zero-order chi connectivity index (χ0) is 32.7. The summed E-state index contributed by atoms with van der Waals surface area (Å²) in [6.07, 6.45) is -1.33. The minimum absolute atomic E-state index is 0.0319. The van der Waals surface area contributed by atoms with Gasteiger partial charge in [-0.1, -0.05) is 130 Å². The molecule has 1 fully saturated rings. The van der Waals surface area contributed by atoms with Crippen molar-refractivity contribution in [1.29, 1.82) is 0 Å². The number of carbonyl (C=O) groups excluding carboxylic acids is 3. The SMILES string of the molecule is CC(C)[C@H](O)C(=O)N[C@@H](CO[Si](c1ccccc1)(c1ccccc1)C(C)(C)C)C(=O)N1CCN[C@H](C(=O)OCC(Cl)(Cl)Cl)C1. The Morgan fingerprint density at radius 3 is 2.05 bits per heavy atom. The van der Waals surface area contributed by atoms with Crippen LogP contribution in [0.1, 0.15) is 34.6 Å². The topological polar surface area (TPSA) is 117 Å². The minimum Gasteiger partial charge on any atom is -0.460 e. The number of amides is 2. The molecule has 0 radical (unpaired) electrons. The van der Waals surface area contributed by atoms with E-state index in [1.165, 1.54) is 4.90 Å². The molecule has 0 bridgehead atoms. The summed E-state index contributed by atoms with van der Waals surface area (Å²) in [7, 11) is -3.08. The molecule has 13 heteroatoms. The second-order valence-corrected chi connectivity index (χ2v) is 19.1. The van der Waals surface area contributed by atoms with E-state index >= 15 is 0 Å². The van der Waals surface area contributed by atoms with Crippen molar-refractivity contribution in [2.24, 2.45) is 5.92 Å². The average Bonchev–Trinajstić information content (AvgIpc) is 2.98. The number of hydrogen-bond donors (Lipinski definition) is 3. The molecule has 1 heterocycles. The van der Waals surface area contributed by atoms with Gasteiger partial charge in [-0.25, -0.2) is 0 Å². The fourth-order valence-electron chi connectivity index (χ4n) is 5.29. The number of nitrogens with zero attached hydrogens (tertiary/aromatic N) is 1. The zero-order valence-corrected chi connectivity index (χ0v) is 29.0. The Kier molecular flexibility index (Phi) is 12.7. The maximum absolute atomic E-state index is 14.1. The summed E-state index contributed by atoms with van der Waals surface area (Å²) >= 11 is 17.2. The predicted octanol–water partition coefficient (Wildman–Crippen LogP) is 2.78. The van der Waals surface area contributed by atoms with Gasteiger partial charge < -0.3 is 29.8 Å². The number of aliphatic hydroxyl groups is 1. The molecule has 2 aromatic carbocycles. The van der Waals surface area contributed by atoms with Crippen molar-refractivity contribution in [3.63, 3.8) is 0 Å². The highest BCUT2D eigenvalue weighted by atomic mass is 35.6. The molecule has 3 atom stereocenters. The van der Waals surface area contributed by atoms with Crippen LogP contribution >= 0.6 is 34.8 Å². The highest BCUT2D eigenvalue weighted by Gasteiger charge is 2.51. The van der Waals surface area contributed by atoms with E-state index in [4.69, 9.17) is 44.0 Å². The third kappa shape index (κ3) is 9.19. The standard InChI is InChI=1S/C31H42Cl3N3O6Si/c1-21(2)26(38)27(39)36-25(28(40)37-17-16-35-24(18-37)29(41)42-20-31(32,33)34)19-43-44(30(3,4)5,22-12-8-6-9-13-22)23-14-10-7-11-15-23/h6-15,21,24-26,35,38H,16-20H2,1-5H3,(H,36,39)/t24-,25-,26-/m0/s1. The van der Waals surface area contributed by atoms with Crippen molar-refractivity contribution in [1.82, 2.24) is 15.5 Å². The number of nitrogens with one attached hydrogen (secondary N) is 2. The molecule has 0 aliphatic carbocycles. The maximum Gasteiger partial charge on any atom is 0.325 e. The van der Waals surface area contributed by atoms with E-state index in [-0.39, 0.29) is 30.7 Å². The van der Waals surface area contributed by atoms with Gasteiger partial charge in [0.2, 0.25) is 15.6 Å². The van der Waals surface area contributed by atoms with Crippen molar-refractivity contribution < 1.29 is 28.7 Å². The van der Waals surface area contributed by atoms with Gasteiger partial charge in [-0.05, 0) is 21.3 Å². The summed E-state index contributed by atoms with van der Waals surface area (Å²) in [6.45, 7) is 9.69. The number of piperazine rings is 1. The fourth-order valence-corrected chi connectivity index (χ4v) is 10.0. The molecule has 3 rings (SSSR count). The molecule has 9 nitrogen and oxygen atoms in total. The summed E-state index contributed by atoms with van der Waals surface area (Å²) in [5, 5.41) is 17.9. The van der Waals surface area contributed by atoms with E-state index in [1.54, 1.807) is 13.8 Å². The Hall–Kier alpha value is -2.18. The molecule has 0 saturated carbocycles. The monoisotopic (exact) mass is 685 g/mol. The van der Waals surface area contributed by atoms with E-state index in [0.29, 0.717) is 6.54 Å². The third-order valence-corrected chi connectivity index (χ3v) is 12.9. The van der Waals surface area contributed by atoms with Gasteiger partial charge in [0, 0.05) is 19.6 Å². The molecule has 44 heavy (non-hydrogen) atoms. The molecule has 1 aliphatic rings. The van der Waals surface area contributed by atoms with Gasteiger partial charge in [0.25, 0.3) is 8.32 Å². The molecular weight excluding hydrogens is 645 g/mol. The average molecular weight is 687 g/mol. The quantitative estimate of drug-likeness (QED) is 0.189. The lowest BCUT2D eigenvalue weighted by Gasteiger charge is -2.44. The molecule has 3 N–H and O–H groups in total. The first-order chi connectivity index (χ1) is 20.6. The first-order valence-electron chi connectivity index (χ1n) is 14.6. The van der Waals surface area contributed by atoms with Gasteiger partial charge in [-0.15, -0.1) is 0 Å². The van der Waals surface area contributed by atoms with Crippen molar-refractivity contribution in [2.45, 2.75) is 61.6 Å². The normalized spacial score (nSPS) is 17.6. The molecule has 1 aliphatic heterocycles. The Labute approximate surface area is 275 Å². The number of ether oxygens (including phenoxy) is 1. The van der Waals surface area contributed by atoms with E-state index in [0.717, 1.165) is 10.4 Å². The summed E-state index contributed by atoms with van der Waals surface area (Å²) in [5.74, 6) is -2.18. The number of esters is 1. The van der Waals surface area contributed by atoms with Gasteiger partial charge in [-0.3, -0.25) is 14.4 Å². The van der Waals surface area contributed by atoms with E-state index < -0.39 is 54.7 Å². The van der Waals surface area contributed by atoms with Crippen LogP contribution in [0, 0.1) is 5.92 Å². The number of carbonyl (C=O) groups is 3. The van der Waals surface area contributed by atoms with Gasteiger partial charge in [-0.2, -0.15) is 0 Å². The molecule has 0 aromatic heterocycles. The van der Waals surface area contributed by atoms with E-state index in [1.807, 2.05) is 60.7 Å². The van der Waals surface area contributed by atoms with Crippen LogP contribution in [0.4, 0.5) is 0 Å². The molecular formula is C31H42Cl3N3O6Si. The number of hydrogen-bond acceptors (Lipinski definition) is 7. The summed E-state index contributed by atoms with van der Waals surface area (Å²) in [4.78, 5) is 41.3. The number of aliphatic hydroxyl groups excluding tert-OH is 1. The lowest BCUT2D eigenvalue weighted by molar-refractivity contribution is -0.149. The maximum atomic E-state index is 14.1. The second kappa shape index (κ2) is 15.4. The Morgan fingerprint density at radius 1 is 1.02 bits per heavy atom. The van der Waals surface area contributed by atoms with Gasteiger partial charge in [0.05, 0.1) is 6.61 Å². The van der Waals surface area contributed by atoms with Crippen LogP contribution in [-0.4, -0.2) is 90.9 Å². The Morgan fingerprint density at radius 2 is 1.57 bits per heavy atom. The van der Waals surface area contributed by atoms with Gasteiger partial charge >= 0.3 is 5.97 Å². The highest BCUT2D eigenvalue weighted by molar-refractivity contribution is 6.99. The second-order valence-electron chi connectivity index (χ2n) is 12.2. The number of benzene rings is 2. The fraction of sp³-hybridized carbons (Fsp3) is 0.516. The first-order valence-corrected chi connectivity index (χ1v) is 17.6. The number of rotatable bonds is 11. The predicted molar refractivity (Wildman–Crippen MR) is 176 cm³/mol. The molecule has 2 aromatic rings. The molecule has 0 unspecified atom stereocenters. The van der Waals surface area contributed by atoms with Crippen LogP contribution in [0.2, 0.25) is 5.04 Å². The summed E-state index contributed by atoms with van der Waals surface area (Å²) in [5.41, 5.74) is 0. The third-order valence-electron chi connectivity index (χ3n) is 7.55. The molecule has 242 valence electrons. The van der Waals surface area contributed by atoms with Crippen LogP contribution in [0.5, 0.6) is 0 Å². The van der Waals surface area contributed by atoms with Crippen molar-refractivity contribution in [3.05, 3.63) is 60.7 Å². The van der Waals surface area contributed by atoms with E-state index in [9.17, 15) is 19.5 Å². The molecule has 0 spiro atoms. The van der Waals surface area contributed by atoms with Crippen molar-refractivity contribution >= 4 is 71.3 Å².